The van der Waals surface area contributed by atoms with Crippen molar-refractivity contribution in [1.82, 2.24) is 5.32 Å². The van der Waals surface area contributed by atoms with Gasteiger partial charge in [-0.1, -0.05) is 29.8 Å². The molecular weight excluding hydrogens is 299 g/mol. The van der Waals surface area contributed by atoms with E-state index in [2.05, 4.69) is 10.6 Å². The van der Waals surface area contributed by atoms with Gasteiger partial charge in [-0.2, -0.15) is 0 Å². The van der Waals surface area contributed by atoms with Gasteiger partial charge in [0.25, 0.3) is 5.91 Å². The molecule has 3 nitrogen and oxygen atoms in total. The van der Waals surface area contributed by atoms with E-state index in [0.717, 1.165) is 0 Å². The third-order valence-electron chi connectivity index (χ3n) is 2.43. The van der Waals surface area contributed by atoms with E-state index < -0.39 is 11.7 Å². The normalized spacial score (nSPS) is 9.90. The zero-order chi connectivity index (χ0) is 14.5. The molecule has 0 aliphatic carbocycles. The highest BCUT2D eigenvalue weighted by molar-refractivity contribution is 7.80. The predicted octanol–water partition coefficient (Wildman–Crippen LogP) is 3.61. The first-order chi connectivity index (χ1) is 9.56. The molecule has 0 fully saturated rings. The van der Waals surface area contributed by atoms with Gasteiger partial charge >= 0.3 is 0 Å². The monoisotopic (exact) mass is 308 g/mol. The van der Waals surface area contributed by atoms with Gasteiger partial charge in [0.1, 0.15) is 5.82 Å². The van der Waals surface area contributed by atoms with Gasteiger partial charge in [-0.3, -0.25) is 10.1 Å². The molecule has 2 N–H and O–H groups in total. The maximum absolute atomic E-state index is 13.4. The minimum Gasteiger partial charge on any atom is -0.332 e. The Morgan fingerprint density at radius 2 is 1.90 bits per heavy atom. The summed E-state index contributed by atoms with van der Waals surface area (Å²) in [5, 5.41) is 5.81. The van der Waals surface area contributed by atoms with E-state index in [-0.39, 0.29) is 10.7 Å². The molecule has 0 radical (unpaired) electrons. The maximum Gasteiger partial charge on any atom is 0.260 e. The van der Waals surface area contributed by atoms with Crippen LogP contribution in [-0.4, -0.2) is 11.0 Å². The van der Waals surface area contributed by atoms with Crippen LogP contribution in [0.4, 0.5) is 10.1 Å². The number of hydrogen-bond donors (Lipinski definition) is 2. The van der Waals surface area contributed by atoms with E-state index in [9.17, 15) is 9.18 Å². The van der Waals surface area contributed by atoms with Crippen LogP contribution >= 0.6 is 23.8 Å². The lowest BCUT2D eigenvalue weighted by Crippen LogP contribution is -2.34. The van der Waals surface area contributed by atoms with Crippen molar-refractivity contribution in [1.29, 1.82) is 0 Å². The smallest absolute Gasteiger partial charge is 0.260 e. The fourth-order valence-electron chi connectivity index (χ4n) is 1.54. The van der Waals surface area contributed by atoms with E-state index in [0.29, 0.717) is 10.7 Å². The number of thiocarbonyl (C=S) groups is 1. The number of amides is 1. The Hall–Kier alpha value is -1.98. The standard InChI is InChI=1S/C14H10ClFN2OS/c15-9-4-3-5-10(8-9)17-14(20)18-13(19)11-6-1-2-7-12(11)16/h1-8H,(H2,17,18,19,20). The average Bonchev–Trinajstić information content (AvgIpc) is 2.38. The molecule has 0 heterocycles. The van der Waals surface area contributed by atoms with Crippen LogP contribution in [0.1, 0.15) is 10.4 Å². The molecule has 2 aromatic carbocycles. The van der Waals surface area contributed by atoms with Crippen molar-refractivity contribution in [2.45, 2.75) is 0 Å². The fraction of sp³-hybridized carbons (Fsp3) is 0. The van der Waals surface area contributed by atoms with E-state index in [1.165, 1.54) is 18.2 Å². The van der Waals surface area contributed by atoms with E-state index in [1.54, 1.807) is 30.3 Å². The van der Waals surface area contributed by atoms with Crippen molar-refractivity contribution in [3.05, 3.63) is 64.9 Å². The van der Waals surface area contributed by atoms with Gasteiger partial charge in [-0.15, -0.1) is 0 Å². The largest absolute Gasteiger partial charge is 0.332 e. The molecule has 0 spiro atoms. The van der Waals surface area contributed by atoms with Crippen LogP contribution in [0, 0.1) is 5.82 Å². The highest BCUT2D eigenvalue weighted by atomic mass is 35.5. The van der Waals surface area contributed by atoms with Gasteiger partial charge in [0, 0.05) is 10.7 Å². The molecule has 0 saturated carbocycles. The number of benzene rings is 2. The first kappa shape index (κ1) is 14.4. The highest BCUT2D eigenvalue weighted by Gasteiger charge is 2.12. The van der Waals surface area contributed by atoms with Crippen molar-refractivity contribution in [3.8, 4) is 0 Å². The van der Waals surface area contributed by atoms with Crippen LogP contribution in [0.3, 0.4) is 0 Å². The molecule has 102 valence electrons. The molecule has 1 amide bonds. The molecule has 2 rings (SSSR count). The number of rotatable bonds is 2. The Labute approximate surface area is 125 Å². The van der Waals surface area contributed by atoms with Gasteiger partial charge in [0.15, 0.2) is 5.11 Å². The molecule has 6 heteroatoms. The Bertz CT molecular complexity index is 663. The third-order valence-corrected chi connectivity index (χ3v) is 2.87. The van der Waals surface area contributed by atoms with Crippen molar-refractivity contribution >= 4 is 40.5 Å². The van der Waals surface area contributed by atoms with Crippen molar-refractivity contribution in [2.24, 2.45) is 0 Å². The van der Waals surface area contributed by atoms with E-state index in [4.69, 9.17) is 23.8 Å². The third kappa shape index (κ3) is 3.76. The molecule has 0 aromatic heterocycles. The Kier molecular flexibility index (Phi) is 4.65. The molecule has 2 aromatic rings. The minimum atomic E-state index is -0.609. The number of nitrogens with one attached hydrogen (secondary N) is 2. The SMILES string of the molecule is O=C(NC(=S)Nc1cccc(Cl)c1)c1ccccc1F. The lowest BCUT2D eigenvalue weighted by atomic mass is 10.2. The summed E-state index contributed by atoms with van der Waals surface area (Å²) in [6, 6.07) is 12.5. The topological polar surface area (TPSA) is 41.1 Å². The number of carbonyl (C=O) groups is 1. The Morgan fingerprint density at radius 3 is 2.60 bits per heavy atom. The molecule has 20 heavy (non-hydrogen) atoms. The number of halogens is 2. The summed E-state index contributed by atoms with van der Waals surface area (Å²) in [6.07, 6.45) is 0. The first-order valence-corrected chi connectivity index (χ1v) is 6.47. The second-order valence-electron chi connectivity index (χ2n) is 3.90. The number of carbonyl (C=O) groups excluding carboxylic acids is 1. The molecular formula is C14H10ClFN2OS. The summed E-state index contributed by atoms with van der Waals surface area (Å²) in [4.78, 5) is 11.8. The van der Waals surface area contributed by atoms with Crippen molar-refractivity contribution in [3.63, 3.8) is 0 Å². The maximum atomic E-state index is 13.4. The molecule has 0 unspecified atom stereocenters. The minimum absolute atomic E-state index is 0.0669. The molecule has 0 aliphatic rings. The van der Waals surface area contributed by atoms with Crippen LogP contribution in [-0.2, 0) is 0 Å². The Morgan fingerprint density at radius 1 is 1.15 bits per heavy atom. The van der Waals surface area contributed by atoms with Crippen LogP contribution in [0.2, 0.25) is 5.02 Å². The van der Waals surface area contributed by atoms with Crippen molar-refractivity contribution in [2.75, 3.05) is 5.32 Å². The summed E-state index contributed by atoms with van der Waals surface area (Å²) in [5.74, 6) is -1.21. The Balaban J connectivity index is 2.02. The first-order valence-electron chi connectivity index (χ1n) is 5.68. The average molecular weight is 309 g/mol. The number of hydrogen-bond acceptors (Lipinski definition) is 2. The second-order valence-corrected chi connectivity index (χ2v) is 4.74. The van der Waals surface area contributed by atoms with Crippen LogP contribution in [0.25, 0.3) is 0 Å². The van der Waals surface area contributed by atoms with Crippen LogP contribution in [0.5, 0.6) is 0 Å². The highest BCUT2D eigenvalue weighted by Crippen LogP contribution is 2.14. The summed E-state index contributed by atoms with van der Waals surface area (Å²) < 4.78 is 13.4. The summed E-state index contributed by atoms with van der Waals surface area (Å²) >= 11 is 10.8. The van der Waals surface area contributed by atoms with Gasteiger partial charge in [0.05, 0.1) is 5.56 Å². The van der Waals surface area contributed by atoms with Gasteiger partial charge in [0.2, 0.25) is 0 Å². The molecule has 0 saturated heterocycles. The van der Waals surface area contributed by atoms with Crippen molar-refractivity contribution < 1.29 is 9.18 Å². The zero-order valence-electron chi connectivity index (χ0n) is 10.2. The zero-order valence-corrected chi connectivity index (χ0v) is 11.8. The summed E-state index contributed by atoms with van der Waals surface area (Å²) in [5.41, 5.74) is 0.569. The van der Waals surface area contributed by atoms with Crippen LogP contribution in [0.15, 0.2) is 48.5 Å². The van der Waals surface area contributed by atoms with Gasteiger partial charge in [-0.25, -0.2) is 4.39 Å². The van der Waals surface area contributed by atoms with E-state index >= 15 is 0 Å². The van der Waals surface area contributed by atoms with Crippen LogP contribution < -0.4 is 10.6 Å². The quantitative estimate of drug-likeness (QED) is 0.833. The number of anilines is 1. The second kappa shape index (κ2) is 6.45. The lowest BCUT2D eigenvalue weighted by Gasteiger charge is -2.10. The molecule has 0 bridgehead atoms. The van der Waals surface area contributed by atoms with Gasteiger partial charge in [-0.05, 0) is 42.5 Å². The van der Waals surface area contributed by atoms with Gasteiger partial charge < -0.3 is 5.32 Å². The predicted molar refractivity (Wildman–Crippen MR) is 81.5 cm³/mol. The van der Waals surface area contributed by atoms with E-state index in [1.807, 2.05) is 0 Å². The lowest BCUT2D eigenvalue weighted by molar-refractivity contribution is 0.0974. The fourth-order valence-corrected chi connectivity index (χ4v) is 1.95. The summed E-state index contributed by atoms with van der Waals surface area (Å²) in [7, 11) is 0. The molecule has 0 atom stereocenters. The molecule has 0 aliphatic heterocycles. The summed E-state index contributed by atoms with van der Waals surface area (Å²) in [6.45, 7) is 0.